The van der Waals surface area contributed by atoms with Gasteiger partial charge in [0.1, 0.15) is 0 Å². The normalized spacial score (nSPS) is 12.1. The smallest absolute Gasteiger partial charge is 0.318 e. The molecule has 1 heterocycles. The number of hydrogen-bond donors (Lipinski definition) is 2. The summed E-state index contributed by atoms with van der Waals surface area (Å²) in [7, 11) is 0. The predicted molar refractivity (Wildman–Crippen MR) is 103 cm³/mol. The topological polar surface area (TPSA) is 107 Å². The van der Waals surface area contributed by atoms with Crippen LogP contribution < -0.4 is 16.6 Å². The fraction of sp³-hybridized carbons (Fsp3) is 0.444. The maximum Gasteiger partial charge on any atom is 0.318 e. The molecule has 0 aliphatic carbocycles. The molecule has 7 nitrogen and oxygen atoms in total. The van der Waals surface area contributed by atoms with Crippen LogP contribution in [0.25, 0.3) is 10.9 Å². The van der Waals surface area contributed by atoms with Crippen LogP contribution in [0.3, 0.4) is 0 Å². The van der Waals surface area contributed by atoms with Crippen LogP contribution >= 0.6 is 11.8 Å². The Balaban J connectivity index is 2.33. The molecule has 0 aliphatic rings. The van der Waals surface area contributed by atoms with Gasteiger partial charge < -0.3 is 5.73 Å². The van der Waals surface area contributed by atoms with Gasteiger partial charge in [0.2, 0.25) is 5.91 Å². The number of rotatable bonds is 8. The summed E-state index contributed by atoms with van der Waals surface area (Å²) in [4.78, 5) is 40.3. The summed E-state index contributed by atoms with van der Waals surface area (Å²) in [5.41, 5.74) is 5.47. The highest BCUT2D eigenvalue weighted by Crippen LogP contribution is 2.23. The summed E-state index contributed by atoms with van der Waals surface area (Å²) in [5.74, 6) is -0.512. The molecule has 1 unspecified atom stereocenters. The van der Waals surface area contributed by atoms with Crippen molar-refractivity contribution in [2.75, 3.05) is 0 Å². The van der Waals surface area contributed by atoms with Crippen molar-refractivity contribution in [1.29, 1.82) is 0 Å². The lowest BCUT2D eigenvalue weighted by molar-refractivity contribution is -0.119. The molecule has 140 valence electrons. The number of nitrogens with one attached hydrogen (secondary N) is 1. The average molecular weight is 376 g/mol. The zero-order chi connectivity index (χ0) is 19.1. The van der Waals surface area contributed by atoms with Crippen molar-refractivity contribution in [3.05, 3.63) is 34.6 Å². The van der Waals surface area contributed by atoms with Crippen molar-refractivity contribution in [2.45, 2.75) is 56.5 Å². The molecule has 0 saturated heterocycles. The number of fused-ring (bicyclic) bond motifs is 1. The van der Waals surface area contributed by atoms with Gasteiger partial charge in [0, 0.05) is 6.54 Å². The van der Waals surface area contributed by atoms with Gasteiger partial charge in [-0.25, -0.2) is 9.78 Å². The molecule has 3 amide bonds. The molecule has 0 saturated carbocycles. The number of carbonyl (C=O) groups is 2. The summed E-state index contributed by atoms with van der Waals surface area (Å²) in [6.45, 7) is 4.32. The summed E-state index contributed by atoms with van der Waals surface area (Å²) >= 11 is 1.15. The number of thioether (sulfide) groups is 1. The first-order valence-corrected chi connectivity index (χ1v) is 9.58. The average Bonchev–Trinajstić information content (AvgIpc) is 2.60. The van der Waals surface area contributed by atoms with Crippen LogP contribution in [-0.4, -0.2) is 26.7 Å². The van der Waals surface area contributed by atoms with Crippen LogP contribution in [0.2, 0.25) is 0 Å². The molecule has 3 N–H and O–H groups in total. The molecule has 8 heteroatoms. The zero-order valence-corrected chi connectivity index (χ0v) is 15.8. The van der Waals surface area contributed by atoms with Crippen LogP contribution in [0.1, 0.15) is 39.5 Å². The van der Waals surface area contributed by atoms with Gasteiger partial charge in [-0.15, -0.1) is 0 Å². The van der Waals surface area contributed by atoms with Crippen molar-refractivity contribution in [2.24, 2.45) is 5.73 Å². The van der Waals surface area contributed by atoms with Crippen molar-refractivity contribution in [1.82, 2.24) is 14.9 Å². The molecular formula is C18H24N4O3S. The van der Waals surface area contributed by atoms with E-state index in [1.54, 1.807) is 23.6 Å². The summed E-state index contributed by atoms with van der Waals surface area (Å²) < 4.78 is 1.62. The van der Waals surface area contributed by atoms with Gasteiger partial charge in [-0.05, 0) is 25.5 Å². The number of para-hydroxylation sites is 1. The van der Waals surface area contributed by atoms with E-state index >= 15 is 0 Å². The predicted octanol–water partition coefficient (Wildman–Crippen LogP) is 2.65. The van der Waals surface area contributed by atoms with Gasteiger partial charge in [-0.2, -0.15) is 0 Å². The minimum Gasteiger partial charge on any atom is -0.351 e. The number of unbranched alkanes of at least 4 members (excludes halogenated alkanes) is 3. The molecule has 1 aromatic carbocycles. The monoisotopic (exact) mass is 376 g/mol. The maximum absolute atomic E-state index is 12.9. The highest BCUT2D eigenvalue weighted by molar-refractivity contribution is 8.00. The number of imide groups is 1. The van der Waals surface area contributed by atoms with Crippen LogP contribution in [-0.2, 0) is 11.3 Å². The van der Waals surface area contributed by atoms with E-state index in [-0.39, 0.29) is 5.56 Å². The Labute approximate surface area is 156 Å². The number of aromatic nitrogens is 2. The first-order chi connectivity index (χ1) is 12.4. The van der Waals surface area contributed by atoms with Gasteiger partial charge in [-0.3, -0.25) is 19.5 Å². The van der Waals surface area contributed by atoms with Gasteiger partial charge in [0.25, 0.3) is 5.56 Å². The fourth-order valence-corrected chi connectivity index (χ4v) is 3.50. The van der Waals surface area contributed by atoms with E-state index in [1.807, 2.05) is 12.1 Å². The van der Waals surface area contributed by atoms with E-state index in [2.05, 4.69) is 17.2 Å². The van der Waals surface area contributed by atoms with Gasteiger partial charge in [0.05, 0.1) is 16.2 Å². The molecule has 26 heavy (non-hydrogen) atoms. The first-order valence-electron chi connectivity index (χ1n) is 8.70. The third-order valence-corrected chi connectivity index (χ3v) is 5.05. The minimum absolute atomic E-state index is 0.114. The molecule has 1 aromatic heterocycles. The van der Waals surface area contributed by atoms with E-state index in [1.165, 1.54) is 0 Å². The van der Waals surface area contributed by atoms with Gasteiger partial charge >= 0.3 is 6.03 Å². The molecule has 0 aliphatic heterocycles. The lowest BCUT2D eigenvalue weighted by Crippen LogP contribution is -2.39. The van der Waals surface area contributed by atoms with E-state index in [0.717, 1.165) is 37.4 Å². The van der Waals surface area contributed by atoms with Crippen molar-refractivity contribution >= 4 is 34.6 Å². The van der Waals surface area contributed by atoms with E-state index in [0.29, 0.717) is 22.6 Å². The lowest BCUT2D eigenvalue weighted by atomic mass is 10.2. The van der Waals surface area contributed by atoms with Crippen LogP contribution in [0.4, 0.5) is 4.79 Å². The Morgan fingerprint density at radius 2 is 2.00 bits per heavy atom. The van der Waals surface area contributed by atoms with Crippen molar-refractivity contribution in [3.63, 3.8) is 0 Å². The largest absolute Gasteiger partial charge is 0.351 e. The zero-order valence-electron chi connectivity index (χ0n) is 15.0. The summed E-state index contributed by atoms with van der Waals surface area (Å²) in [6, 6.07) is 6.26. The standard InChI is InChI=1S/C18H24N4O3S/c1-3-4-5-8-11-22-16(24)13-9-6-7-10-14(13)20-18(22)26-12(2)15(23)21-17(19)25/h6-7,9-10,12H,3-5,8,11H2,1-2H3,(H3,19,21,23,25). The number of hydrogen-bond acceptors (Lipinski definition) is 5. The minimum atomic E-state index is -0.897. The third kappa shape index (κ3) is 5.08. The molecule has 2 aromatic rings. The number of urea groups is 1. The summed E-state index contributed by atoms with van der Waals surface area (Å²) in [6.07, 6.45) is 4.10. The molecule has 2 rings (SSSR count). The van der Waals surface area contributed by atoms with Crippen molar-refractivity contribution < 1.29 is 9.59 Å². The second kappa shape index (κ2) is 9.38. The first kappa shape index (κ1) is 20.0. The lowest BCUT2D eigenvalue weighted by Gasteiger charge is -2.15. The third-order valence-electron chi connectivity index (χ3n) is 3.96. The molecular weight excluding hydrogens is 352 g/mol. The molecule has 0 fully saturated rings. The van der Waals surface area contributed by atoms with E-state index in [9.17, 15) is 14.4 Å². The highest BCUT2D eigenvalue weighted by Gasteiger charge is 2.20. The number of amides is 3. The maximum atomic E-state index is 12.9. The number of benzene rings is 1. The van der Waals surface area contributed by atoms with E-state index in [4.69, 9.17) is 5.73 Å². The number of primary amides is 1. The molecule has 1 atom stereocenters. The molecule has 0 bridgehead atoms. The number of carbonyl (C=O) groups excluding carboxylic acids is 2. The van der Waals surface area contributed by atoms with Gasteiger partial charge in [-0.1, -0.05) is 50.1 Å². The van der Waals surface area contributed by atoms with E-state index < -0.39 is 17.2 Å². The SMILES string of the molecule is CCCCCCn1c(SC(C)C(=O)NC(N)=O)nc2ccccc2c1=O. The van der Waals surface area contributed by atoms with Crippen molar-refractivity contribution in [3.8, 4) is 0 Å². The van der Waals surface area contributed by atoms with Gasteiger partial charge in [0.15, 0.2) is 5.16 Å². The fourth-order valence-electron chi connectivity index (χ4n) is 2.57. The quantitative estimate of drug-likeness (QED) is 0.418. The number of nitrogens with zero attached hydrogens (tertiary/aromatic N) is 2. The Morgan fingerprint density at radius 3 is 2.69 bits per heavy atom. The molecule has 0 spiro atoms. The number of nitrogens with two attached hydrogens (primary N) is 1. The Morgan fingerprint density at radius 1 is 1.27 bits per heavy atom. The Kier molecular flexibility index (Phi) is 7.20. The van der Waals surface area contributed by atoms with Crippen LogP contribution in [0, 0.1) is 0 Å². The Bertz CT molecular complexity index is 850. The Hall–Kier alpha value is -2.35. The van der Waals surface area contributed by atoms with Crippen LogP contribution in [0.15, 0.2) is 34.2 Å². The molecule has 0 radical (unpaired) electrons. The second-order valence-electron chi connectivity index (χ2n) is 6.04. The summed E-state index contributed by atoms with van der Waals surface area (Å²) in [5, 5.41) is 2.47. The second-order valence-corrected chi connectivity index (χ2v) is 7.35. The highest BCUT2D eigenvalue weighted by atomic mass is 32.2. The van der Waals surface area contributed by atoms with Crippen LogP contribution in [0.5, 0.6) is 0 Å².